The lowest BCUT2D eigenvalue weighted by Crippen LogP contribution is -2.43. The summed E-state index contributed by atoms with van der Waals surface area (Å²) in [6.45, 7) is 2.74. The van der Waals surface area contributed by atoms with E-state index in [1.165, 1.54) is 11.8 Å². The van der Waals surface area contributed by atoms with Crippen LogP contribution < -0.4 is 0 Å². The topological polar surface area (TPSA) is 85.2 Å². The normalized spacial score (nSPS) is 21.0. The molecule has 1 atom stereocenters. The van der Waals surface area contributed by atoms with Gasteiger partial charge in [-0.3, -0.25) is 4.79 Å². The fourth-order valence-corrected chi connectivity index (χ4v) is 6.32. The molecule has 1 saturated carbocycles. The highest BCUT2D eigenvalue weighted by molar-refractivity contribution is 7.99. The Labute approximate surface area is 169 Å². The molecule has 28 heavy (non-hydrogen) atoms. The average molecular weight is 421 g/mol. The molecule has 2 heterocycles. The summed E-state index contributed by atoms with van der Waals surface area (Å²) in [7, 11) is -3.01. The molecule has 2 aromatic rings. The summed E-state index contributed by atoms with van der Waals surface area (Å²) in [4.78, 5) is 14.8. The van der Waals surface area contributed by atoms with Crippen molar-refractivity contribution in [2.75, 3.05) is 17.3 Å². The smallest absolute Gasteiger partial charge is 0.233 e. The standard InChI is InChI=1S/C19H24N4O3S2/c1-2-22-18(14-6-4-3-5-7-14)20-21-19(22)27-12-17(24)23(15-8-9-15)16-10-11-28(25,26)13-16/h3-7,15-16H,2,8-13H2,1H3/t16-/m0/s1. The van der Waals surface area contributed by atoms with Crippen LogP contribution in [0.1, 0.15) is 26.2 Å². The maximum absolute atomic E-state index is 12.9. The molecule has 7 nitrogen and oxygen atoms in total. The summed E-state index contributed by atoms with van der Waals surface area (Å²) in [5, 5.41) is 9.31. The summed E-state index contributed by atoms with van der Waals surface area (Å²) >= 11 is 1.38. The van der Waals surface area contributed by atoms with Crippen molar-refractivity contribution in [3.05, 3.63) is 30.3 Å². The molecule has 0 radical (unpaired) electrons. The quantitative estimate of drug-likeness (QED) is 0.639. The second kappa shape index (κ2) is 7.87. The van der Waals surface area contributed by atoms with E-state index in [4.69, 9.17) is 0 Å². The van der Waals surface area contributed by atoms with Gasteiger partial charge < -0.3 is 9.47 Å². The van der Waals surface area contributed by atoms with E-state index in [0.717, 1.165) is 24.2 Å². The Kier molecular flexibility index (Phi) is 5.46. The number of benzene rings is 1. The molecule has 1 aromatic heterocycles. The van der Waals surface area contributed by atoms with Crippen LogP contribution in [0.15, 0.2) is 35.5 Å². The van der Waals surface area contributed by atoms with Gasteiger partial charge in [0.05, 0.1) is 17.3 Å². The Hall–Kier alpha value is -1.87. The molecule has 1 amide bonds. The highest BCUT2D eigenvalue weighted by Gasteiger charge is 2.42. The Morgan fingerprint density at radius 3 is 2.54 bits per heavy atom. The van der Waals surface area contributed by atoms with E-state index < -0.39 is 9.84 Å². The van der Waals surface area contributed by atoms with E-state index in [9.17, 15) is 13.2 Å². The molecule has 2 aliphatic rings. The molecule has 1 aromatic carbocycles. The first-order valence-electron chi connectivity index (χ1n) is 9.61. The van der Waals surface area contributed by atoms with Crippen LogP contribution >= 0.6 is 11.8 Å². The van der Waals surface area contributed by atoms with E-state index in [0.29, 0.717) is 18.1 Å². The van der Waals surface area contributed by atoms with Gasteiger partial charge in [-0.1, -0.05) is 42.1 Å². The van der Waals surface area contributed by atoms with Crippen molar-refractivity contribution in [1.82, 2.24) is 19.7 Å². The van der Waals surface area contributed by atoms with Crippen LogP contribution in [0.3, 0.4) is 0 Å². The number of rotatable bonds is 7. The van der Waals surface area contributed by atoms with Crippen LogP contribution in [0.5, 0.6) is 0 Å². The Balaban J connectivity index is 1.46. The third kappa shape index (κ3) is 4.10. The van der Waals surface area contributed by atoms with E-state index in [-0.39, 0.29) is 35.2 Å². The molecular formula is C19H24N4O3S2. The summed E-state index contributed by atoms with van der Waals surface area (Å²) in [5.41, 5.74) is 0.991. The summed E-state index contributed by atoms with van der Waals surface area (Å²) in [6, 6.07) is 9.90. The summed E-state index contributed by atoms with van der Waals surface area (Å²) in [6.07, 6.45) is 2.49. The zero-order chi connectivity index (χ0) is 19.7. The van der Waals surface area contributed by atoms with E-state index in [1.54, 1.807) is 0 Å². The van der Waals surface area contributed by atoms with Gasteiger partial charge in [-0.05, 0) is 26.2 Å². The summed E-state index contributed by atoms with van der Waals surface area (Å²) in [5.74, 6) is 1.33. The van der Waals surface area contributed by atoms with Crippen LogP contribution in [-0.2, 0) is 21.2 Å². The molecule has 150 valence electrons. The lowest BCUT2D eigenvalue weighted by molar-refractivity contribution is -0.130. The fourth-order valence-electron chi connectivity index (χ4n) is 3.74. The lowest BCUT2D eigenvalue weighted by atomic mass is 10.2. The van der Waals surface area contributed by atoms with Crippen LogP contribution in [0.4, 0.5) is 0 Å². The van der Waals surface area contributed by atoms with Gasteiger partial charge in [-0.25, -0.2) is 8.42 Å². The largest absolute Gasteiger partial charge is 0.335 e. The average Bonchev–Trinajstić information content (AvgIpc) is 3.32. The number of aromatic nitrogens is 3. The Morgan fingerprint density at radius 1 is 1.18 bits per heavy atom. The molecular weight excluding hydrogens is 396 g/mol. The van der Waals surface area contributed by atoms with Gasteiger partial charge >= 0.3 is 0 Å². The van der Waals surface area contributed by atoms with Gasteiger partial charge in [0, 0.05) is 24.2 Å². The van der Waals surface area contributed by atoms with Crippen molar-refractivity contribution in [2.45, 2.75) is 50.0 Å². The fraction of sp³-hybridized carbons (Fsp3) is 0.526. The summed E-state index contributed by atoms with van der Waals surface area (Å²) < 4.78 is 25.7. The van der Waals surface area contributed by atoms with Gasteiger partial charge in [-0.15, -0.1) is 10.2 Å². The van der Waals surface area contributed by atoms with Gasteiger partial charge in [-0.2, -0.15) is 0 Å². The minimum Gasteiger partial charge on any atom is -0.335 e. The van der Waals surface area contributed by atoms with Crippen LogP contribution in [0.25, 0.3) is 11.4 Å². The van der Waals surface area contributed by atoms with Crippen LogP contribution in [-0.4, -0.2) is 63.3 Å². The first kappa shape index (κ1) is 19.4. The monoisotopic (exact) mass is 420 g/mol. The van der Waals surface area contributed by atoms with Crippen molar-refractivity contribution in [1.29, 1.82) is 0 Å². The highest BCUT2D eigenvalue weighted by atomic mass is 32.2. The first-order chi connectivity index (χ1) is 13.5. The molecule has 0 unspecified atom stereocenters. The predicted octanol–water partition coefficient (Wildman–Crippen LogP) is 2.24. The molecule has 9 heteroatoms. The van der Waals surface area contributed by atoms with Crippen molar-refractivity contribution < 1.29 is 13.2 Å². The Morgan fingerprint density at radius 2 is 1.93 bits per heavy atom. The molecule has 1 aliphatic heterocycles. The lowest BCUT2D eigenvalue weighted by Gasteiger charge is -2.28. The zero-order valence-corrected chi connectivity index (χ0v) is 17.5. The van der Waals surface area contributed by atoms with Crippen LogP contribution in [0, 0.1) is 0 Å². The number of hydrogen-bond donors (Lipinski definition) is 0. The van der Waals surface area contributed by atoms with E-state index >= 15 is 0 Å². The van der Waals surface area contributed by atoms with E-state index in [2.05, 4.69) is 10.2 Å². The van der Waals surface area contributed by atoms with Gasteiger partial charge in [0.2, 0.25) is 5.91 Å². The predicted molar refractivity (Wildman–Crippen MR) is 109 cm³/mol. The minimum atomic E-state index is -3.01. The minimum absolute atomic E-state index is 0.00140. The van der Waals surface area contributed by atoms with Crippen molar-refractivity contribution in [2.24, 2.45) is 0 Å². The molecule has 1 saturated heterocycles. The number of nitrogens with zero attached hydrogens (tertiary/aromatic N) is 4. The first-order valence-corrected chi connectivity index (χ1v) is 12.4. The van der Waals surface area contributed by atoms with Crippen molar-refractivity contribution in [3.8, 4) is 11.4 Å². The maximum atomic E-state index is 12.9. The van der Waals surface area contributed by atoms with Gasteiger partial charge in [0.15, 0.2) is 20.8 Å². The zero-order valence-electron chi connectivity index (χ0n) is 15.8. The maximum Gasteiger partial charge on any atom is 0.233 e. The van der Waals surface area contributed by atoms with Gasteiger partial charge in [0.1, 0.15) is 0 Å². The van der Waals surface area contributed by atoms with Crippen molar-refractivity contribution >= 4 is 27.5 Å². The molecule has 4 rings (SSSR count). The van der Waals surface area contributed by atoms with Crippen molar-refractivity contribution in [3.63, 3.8) is 0 Å². The van der Waals surface area contributed by atoms with E-state index in [1.807, 2.05) is 46.7 Å². The molecule has 0 bridgehead atoms. The van der Waals surface area contributed by atoms with Crippen LogP contribution in [0.2, 0.25) is 0 Å². The molecule has 2 fully saturated rings. The SMILES string of the molecule is CCn1c(SCC(=O)N(C2CC2)[C@H]2CCS(=O)(=O)C2)nnc1-c1ccccc1. The number of thioether (sulfide) groups is 1. The number of amides is 1. The second-order valence-corrected chi connectivity index (χ2v) is 10.5. The Bertz CT molecular complexity index is 955. The third-order valence-corrected chi connectivity index (χ3v) is 7.92. The second-order valence-electron chi connectivity index (χ2n) is 7.29. The van der Waals surface area contributed by atoms with Gasteiger partial charge in [0.25, 0.3) is 0 Å². The highest BCUT2D eigenvalue weighted by Crippen LogP contribution is 2.33. The number of carbonyl (C=O) groups is 1. The third-order valence-electron chi connectivity index (χ3n) is 5.22. The number of carbonyl (C=O) groups excluding carboxylic acids is 1. The number of sulfone groups is 1. The molecule has 1 aliphatic carbocycles. The number of hydrogen-bond acceptors (Lipinski definition) is 6. The molecule has 0 N–H and O–H groups in total. The molecule has 0 spiro atoms.